The van der Waals surface area contributed by atoms with Gasteiger partial charge in [0.1, 0.15) is 5.75 Å². The van der Waals surface area contributed by atoms with E-state index >= 15 is 0 Å². The predicted molar refractivity (Wildman–Crippen MR) is 114 cm³/mol. The number of H-pyrrole nitrogens is 1. The zero-order valence-electron chi connectivity index (χ0n) is 16.4. The Balaban J connectivity index is 1.56. The Kier molecular flexibility index (Phi) is 4.17. The van der Waals surface area contributed by atoms with E-state index in [1.807, 2.05) is 24.3 Å². The van der Waals surface area contributed by atoms with Crippen LogP contribution in [0.3, 0.4) is 0 Å². The van der Waals surface area contributed by atoms with Gasteiger partial charge in [-0.2, -0.15) is 5.10 Å². The van der Waals surface area contributed by atoms with Gasteiger partial charge in [-0.05, 0) is 55.3 Å². The van der Waals surface area contributed by atoms with Gasteiger partial charge in [-0.1, -0.05) is 12.2 Å². The number of aromatic nitrogens is 2. The summed E-state index contributed by atoms with van der Waals surface area (Å²) < 4.78 is 5.15. The SMILES string of the molecule is COc1ccc(NC(=O)c2cc3c(c(-c4ccn[nH]4)c2)C2(CC=CC2)C(=O)N3)cc1. The number of ether oxygens (including phenoxy) is 1. The van der Waals surface area contributed by atoms with Crippen molar-refractivity contribution < 1.29 is 14.3 Å². The van der Waals surface area contributed by atoms with E-state index in [2.05, 4.69) is 20.8 Å². The van der Waals surface area contributed by atoms with Crippen molar-refractivity contribution >= 4 is 23.2 Å². The third-order valence-corrected chi connectivity index (χ3v) is 5.80. The van der Waals surface area contributed by atoms with Gasteiger partial charge < -0.3 is 15.4 Å². The van der Waals surface area contributed by atoms with Gasteiger partial charge in [-0.15, -0.1) is 0 Å². The first kappa shape index (κ1) is 18.2. The molecule has 2 amide bonds. The van der Waals surface area contributed by atoms with Crippen LogP contribution in [0.5, 0.6) is 5.75 Å². The number of rotatable bonds is 4. The number of nitrogens with one attached hydrogen (secondary N) is 3. The minimum absolute atomic E-state index is 0.0315. The number of carbonyl (C=O) groups excluding carboxylic acids is 2. The van der Waals surface area contributed by atoms with Crippen LogP contribution in [-0.4, -0.2) is 29.1 Å². The van der Waals surface area contributed by atoms with Crippen LogP contribution in [0.25, 0.3) is 11.3 Å². The van der Waals surface area contributed by atoms with E-state index in [-0.39, 0.29) is 11.8 Å². The molecule has 150 valence electrons. The Labute approximate surface area is 173 Å². The van der Waals surface area contributed by atoms with Gasteiger partial charge in [0.2, 0.25) is 5.91 Å². The highest BCUT2D eigenvalue weighted by atomic mass is 16.5. The molecule has 0 unspecified atom stereocenters. The lowest BCUT2D eigenvalue weighted by Crippen LogP contribution is -2.31. The van der Waals surface area contributed by atoms with Crippen LogP contribution in [-0.2, 0) is 10.2 Å². The van der Waals surface area contributed by atoms with Crippen molar-refractivity contribution in [2.24, 2.45) is 0 Å². The molecule has 1 aliphatic carbocycles. The van der Waals surface area contributed by atoms with Crippen molar-refractivity contribution in [2.45, 2.75) is 18.3 Å². The molecule has 0 saturated heterocycles. The quantitative estimate of drug-likeness (QED) is 0.579. The Morgan fingerprint density at radius 2 is 1.90 bits per heavy atom. The lowest BCUT2D eigenvalue weighted by molar-refractivity contribution is -0.120. The lowest BCUT2D eigenvalue weighted by Gasteiger charge is -2.23. The fourth-order valence-corrected chi connectivity index (χ4v) is 4.28. The molecule has 2 aromatic carbocycles. The van der Waals surface area contributed by atoms with E-state index in [0.29, 0.717) is 35.5 Å². The molecular weight excluding hydrogens is 380 g/mol. The maximum absolute atomic E-state index is 13.0. The Morgan fingerprint density at radius 3 is 2.57 bits per heavy atom. The van der Waals surface area contributed by atoms with Crippen molar-refractivity contribution in [1.82, 2.24) is 10.2 Å². The van der Waals surface area contributed by atoms with E-state index in [4.69, 9.17) is 4.74 Å². The average molecular weight is 400 g/mol. The molecular formula is C23H20N4O3. The highest BCUT2D eigenvalue weighted by molar-refractivity contribution is 6.12. The Morgan fingerprint density at radius 1 is 1.13 bits per heavy atom. The molecule has 0 saturated carbocycles. The largest absolute Gasteiger partial charge is 0.497 e. The molecule has 1 spiro atoms. The molecule has 3 N–H and O–H groups in total. The first-order chi connectivity index (χ1) is 14.6. The first-order valence-electron chi connectivity index (χ1n) is 9.71. The van der Waals surface area contributed by atoms with Gasteiger partial charge in [0.15, 0.2) is 0 Å². The second kappa shape index (κ2) is 6.88. The van der Waals surface area contributed by atoms with Gasteiger partial charge in [-0.3, -0.25) is 14.7 Å². The number of nitrogens with zero attached hydrogens (tertiary/aromatic N) is 1. The van der Waals surface area contributed by atoms with Crippen LogP contribution in [0.4, 0.5) is 11.4 Å². The van der Waals surface area contributed by atoms with Gasteiger partial charge in [0.05, 0.1) is 18.2 Å². The fraction of sp³-hybridized carbons (Fsp3) is 0.174. The van der Waals surface area contributed by atoms with E-state index < -0.39 is 5.41 Å². The molecule has 0 atom stereocenters. The number of aromatic amines is 1. The molecule has 1 aliphatic heterocycles. The molecule has 0 bridgehead atoms. The second-order valence-electron chi connectivity index (χ2n) is 7.52. The third-order valence-electron chi connectivity index (χ3n) is 5.80. The highest BCUT2D eigenvalue weighted by Crippen LogP contribution is 2.50. The van der Waals surface area contributed by atoms with Crippen molar-refractivity contribution in [3.63, 3.8) is 0 Å². The molecule has 3 aromatic rings. The minimum Gasteiger partial charge on any atom is -0.497 e. The van der Waals surface area contributed by atoms with Crippen molar-refractivity contribution in [1.29, 1.82) is 0 Å². The number of fused-ring (bicyclic) bond motifs is 2. The maximum Gasteiger partial charge on any atom is 0.255 e. The Hall–Kier alpha value is -3.87. The molecule has 7 heteroatoms. The van der Waals surface area contributed by atoms with Crippen LogP contribution < -0.4 is 15.4 Å². The molecule has 30 heavy (non-hydrogen) atoms. The minimum atomic E-state index is -0.624. The summed E-state index contributed by atoms with van der Waals surface area (Å²) in [5.74, 6) is 0.421. The topological polar surface area (TPSA) is 96.1 Å². The smallest absolute Gasteiger partial charge is 0.255 e. The molecule has 5 rings (SSSR count). The first-order valence-corrected chi connectivity index (χ1v) is 9.71. The Bertz CT molecular complexity index is 1160. The van der Waals surface area contributed by atoms with Crippen molar-refractivity contribution in [3.05, 3.63) is 71.9 Å². The number of anilines is 2. The van der Waals surface area contributed by atoms with Crippen LogP contribution in [0, 0.1) is 0 Å². The van der Waals surface area contributed by atoms with E-state index in [1.54, 1.807) is 43.6 Å². The van der Waals surface area contributed by atoms with Crippen LogP contribution in [0.1, 0.15) is 28.8 Å². The summed E-state index contributed by atoms with van der Waals surface area (Å²) in [5.41, 5.74) is 3.67. The van der Waals surface area contributed by atoms with E-state index in [1.165, 1.54) is 0 Å². The number of hydrogen-bond donors (Lipinski definition) is 3. The summed E-state index contributed by atoms with van der Waals surface area (Å²) in [6.45, 7) is 0. The van der Waals surface area contributed by atoms with Crippen molar-refractivity contribution in [3.8, 4) is 17.0 Å². The monoisotopic (exact) mass is 400 g/mol. The number of benzene rings is 2. The van der Waals surface area contributed by atoms with Gasteiger partial charge in [-0.25, -0.2) is 0 Å². The molecule has 2 heterocycles. The van der Waals surface area contributed by atoms with Crippen LogP contribution in [0.2, 0.25) is 0 Å². The predicted octanol–water partition coefficient (Wildman–Crippen LogP) is 3.88. The van der Waals surface area contributed by atoms with E-state index in [9.17, 15) is 9.59 Å². The van der Waals surface area contributed by atoms with Gasteiger partial charge in [0.25, 0.3) is 5.91 Å². The van der Waals surface area contributed by atoms with E-state index in [0.717, 1.165) is 16.8 Å². The molecule has 2 aliphatic rings. The standard InChI is InChI=1S/C23H20N4O3/c1-30-16-6-4-15(5-7-16)25-21(28)14-12-17(18-8-11-24-27-18)20-19(13-14)26-22(29)23(20)9-2-3-10-23/h2-8,11-13H,9-10H2,1H3,(H,24,27)(H,25,28)(H,26,29). The summed E-state index contributed by atoms with van der Waals surface area (Å²) in [7, 11) is 1.59. The van der Waals surface area contributed by atoms with Gasteiger partial charge in [0, 0.05) is 34.3 Å². The normalized spacial score (nSPS) is 15.8. The number of carbonyl (C=O) groups is 2. The van der Waals surface area contributed by atoms with Crippen LogP contribution >= 0.6 is 0 Å². The zero-order valence-corrected chi connectivity index (χ0v) is 16.4. The molecule has 0 radical (unpaired) electrons. The van der Waals surface area contributed by atoms with Crippen molar-refractivity contribution in [2.75, 3.05) is 17.7 Å². The second-order valence-corrected chi connectivity index (χ2v) is 7.52. The summed E-state index contributed by atoms with van der Waals surface area (Å²) in [6.07, 6.45) is 7.02. The van der Waals surface area contributed by atoms with Gasteiger partial charge >= 0.3 is 0 Å². The lowest BCUT2D eigenvalue weighted by atomic mass is 9.76. The zero-order chi connectivity index (χ0) is 20.7. The molecule has 1 aromatic heterocycles. The summed E-state index contributed by atoms with van der Waals surface area (Å²) in [5, 5.41) is 12.9. The fourth-order valence-electron chi connectivity index (χ4n) is 4.28. The molecule has 0 fully saturated rings. The number of methoxy groups -OCH3 is 1. The summed E-state index contributed by atoms with van der Waals surface area (Å²) >= 11 is 0. The van der Waals surface area contributed by atoms with Crippen LogP contribution in [0.15, 0.2) is 60.8 Å². The molecule has 7 nitrogen and oxygen atoms in total. The maximum atomic E-state index is 13.0. The average Bonchev–Trinajstić information content (AvgIpc) is 3.51. The number of hydrogen-bond acceptors (Lipinski definition) is 4. The summed E-state index contributed by atoms with van der Waals surface area (Å²) in [6, 6.07) is 12.5. The highest BCUT2D eigenvalue weighted by Gasteiger charge is 2.48. The number of amides is 2. The summed E-state index contributed by atoms with van der Waals surface area (Å²) in [4.78, 5) is 25.9. The third kappa shape index (κ3) is 2.78. The number of allylic oxidation sites excluding steroid dienone is 2.